The van der Waals surface area contributed by atoms with Crippen molar-refractivity contribution >= 4 is 12.4 Å². The van der Waals surface area contributed by atoms with Gasteiger partial charge in [0.2, 0.25) is 0 Å². The molecule has 1 heterocycles. The van der Waals surface area contributed by atoms with Gasteiger partial charge in [0.05, 0.1) is 19.6 Å². The van der Waals surface area contributed by atoms with Crippen LogP contribution in [0.25, 0.3) is 28.0 Å². The lowest BCUT2D eigenvalue weighted by atomic mass is 9.47. The lowest BCUT2D eigenvalue weighted by molar-refractivity contribution is -0.392. The summed E-state index contributed by atoms with van der Waals surface area (Å²) in [6.45, 7) is 23.0. The molecular weight excluding hydrogens is 795 g/mol. The van der Waals surface area contributed by atoms with Gasteiger partial charge < -0.3 is 14.9 Å². The van der Waals surface area contributed by atoms with Crippen molar-refractivity contribution in [1.82, 2.24) is 0 Å². The second kappa shape index (κ2) is 14.9. The minimum absolute atomic E-state index is 0.0298. The lowest BCUT2D eigenvalue weighted by Gasteiger charge is -2.57. The van der Waals surface area contributed by atoms with Crippen LogP contribution in [-0.2, 0) is 26.4 Å². The van der Waals surface area contributed by atoms with Crippen molar-refractivity contribution in [3.8, 4) is 33.8 Å². The lowest BCUT2D eigenvalue weighted by Crippen LogP contribution is -2.48. The van der Waals surface area contributed by atoms with Gasteiger partial charge in [0.1, 0.15) is 11.5 Å². The molecule has 0 amide bonds. The highest BCUT2D eigenvalue weighted by molar-refractivity contribution is 5.86. The van der Waals surface area contributed by atoms with Crippen molar-refractivity contribution in [2.24, 2.45) is 35.5 Å². The second-order valence-electron chi connectivity index (χ2n) is 24.9. The van der Waals surface area contributed by atoms with E-state index in [0.717, 1.165) is 97.5 Å². The van der Waals surface area contributed by atoms with Crippen LogP contribution < -0.4 is 0 Å². The average molecular weight is 868 g/mol. The normalized spacial score (nSPS) is 30.2. The number of aromatic hydroxyl groups is 2. The van der Waals surface area contributed by atoms with Gasteiger partial charge in [-0.05, 0) is 194 Å². The highest BCUT2D eigenvalue weighted by Gasteiger charge is 2.54. The van der Waals surface area contributed by atoms with Gasteiger partial charge in [0.15, 0.2) is 11.7 Å². The van der Waals surface area contributed by atoms with E-state index in [1.165, 1.54) is 99.3 Å². The zero-order valence-electron chi connectivity index (χ0n) is 40.8. The maximum atomic E-state index is 12.9. The Morgan fingerprint density at radius 1 is 0.569 bits per heavy atom. The third-order valence-corrected chi connectivity index (χ3v) is 18.0. The maximum Gasteiger partial charge on any atom is 0.164 e. The van der Waals surface area contributed by atoms with E-state index in [2.05, 4.69) is 133 Å². The number of phenolic OH excluding ortho intramolecular Hbond substituents is 2. The van der Waals surface area contributed by atoms with Crippen molar-refractivity contribution in [2.45, 2.75) is 154 Å². The van der Waals surface area contributed by atoms with Crippen molar-refractivity contribution < 1.29 is 19.5 Å². The van der Waals surface area contributed by atoms with E-state index in [0.29, 0.717) is 11.5 Å². The number of phenols is 2. The Kier molecular flexibility index (Phi) is 9.84. The Morgan fingerprint density at radius 3 is 1.42 bits per heavy atom. The summed E-state index contributed by atoms with van der Waals surface area (Å²) in [6.07, 6.45) is 19.5. The third kappa shape index (κ3) is 7.13. The van der Waals surface area contributed by atoms with Gasteiger partial charge in [0, 0.05) is 22.3 Å². The smallest absolute Gasteiger partial charge is 0.164 e. The van der Waals surface area contributed by atoms with Gasteiger partial charge in [-0.25, -0.2) is 4.58 Å². The molecule has 65 heavy (non-hydrogen) atoms. The number of hydrogen-bond acceptors (Lipinski definition) is 3. The molecule has 0 aromatic heterocycles. The van der Waals surface area contributed by atoms with Crippen LogP contribution in [0.15, 0.2) is 78.6 Å². The Labute approximate surface area is 389 Å². The van der Waals surface area contributed by atoms with Gasteiger partial charge >= 0.3 is 0 Å². The predicted molar refractivity (Wildman–Crippen MR) is 266 cm³/mol. The van der Waals surface area contributed by atoms with Crippen molar-refractivity contribution in [3.05, 3.63) is 129 Å². The zero-order chi connectivity index (χ0) is 45.5. The van der Waals surface area contributed by atoms with Crippen molar-refractivity contribution in [3.63, 3.8) is 0 Å². The summed E-state index contributed by atoms with van der Waals surface area (Å²) >= 11 is 0. The largest absolute Gasteiger partial charge is 0.525 e. The molecule has 8 fully saturated rings. The van der Waals surface area contributed by atoms with Crippen LogP contribution in [0, 0.1) is 55.4 Å². The highest BCUT2D eigenvalue weighted by Crippen LogP contribution is 2.64. The molecule has 13 rings (SSSR count). The summed E-state index contributed by atoms with van der Waals surface area (Å²) in [7, 11) is 1.75. The van der Waals surface area contributed by atoms with Crippen LogP contribution in [0.1, 0.15) is 163 Å². The van der Waals surface area contributed by atoms with Gasteiger partial charge in [-0.3, -0.25) is 0 Å². The fraction of sp³-hybridized carbons (Fsp3) is 0.508. The van der Waals surface area contributed by atoms with Gasteiger partial charge in [-0.2, -0.15) is 0 Å². The quantitative estimate of drug-likeness (QED) is 0.144. The van der Waals surface area contributed by atoms with Crippen LogP contribution in [0.2, 0.25) is 0 Å². The first-order chi connectivity index (χ1) is 30.8. The molecule has 340 valence electrons. The summed E-state index contributed by atoms with van der Waals surface area (Å²) in [5.41, 5.74) is 13.7. The monoisotopic (exact) mass is 868 g/mol. The second-order valence-corrected chi connectivity index (χ2v) is 24.9. The number of methoxy groups -OCH3 is 1. The minimum atomic E-state index is -0.104. The first kappa shape index (κ1) is 42.9. The standard InChI is InChI=1S/C61H73NO3/c1-35-11-13-46(50-23-43(58(3,4)5)25-52(56(50)63)60-29-37-17-38(30-60)19-39(18-37)31-60)48(15-35)54-27-45(65-10)28-55(62(54)9)49-16-36(2)12-14-47(49)51-24-44(59(6,7)8)26-53(57(51)64)61-32-40-20-41(33-61)22-42(21-40)34-61/h11-16,23-28,37-42,63-64H,9,17-22,29-34H2,1-8,10H3. The molecule has 0 saturated heterocycles. The molecule has 8 aliphatic carbocycles. The van der Waals surface area contributed by atoms with Gasteiger partial charge in [0.25, 0.3) is 0 Å². The number of nitrogens with zero attached hydrogens (tertiary/aromatic N) is 1. The predicted octanol–water partition coefficient (Wildman–Crippen LogP) is 14.8. The van der Waals surface area contributed by atoms with Crippen LogP contribution >= 0.6 is 0 Å². The molecule has 4 aromatic rings. The molecule has 0 radical (unpaired) electrons. The molecular formula is C61H73NO3. The maximum absolute atomic E-state index is 12.9. The number of aryl methyl sites for hydroxylation is 2. The van der Waals surface area contributed by atoms with E-state index in [9.17, 15) is 10.2 Å². The summed E-state index contributed by atoms with van der Waals surface area (Å²) in [4.78, 5) is 0. The third-order valence-electron chi connectivity index (χ3n) is 18.0. The van der Waals surface area contributed by atoms with Crippen LogP contribution in [-0.4, -0.2) is 28.6 Å². The highest BCUT2D eigenvalue weighted by atomic mass is 16.5. The molecule has 4 heteroatoms. The molecule has 8 bridgehead atoms. The Bertz CT molecular complexity index is 2620. The number of hydrogen-bond donors (Lipinski definition) is 2. The molecule has 4 nitrogen and oxygen atoms in total. The fourth-order valence-electron chi connectivity index (χ4n) is 15.6. The van der Waals surface area contributed by atoms with E-state index in [-0.39, 0.29) is 21.7 Å². The number of benzene rings is 4. The summed E-state index contributed by atoms with van der Waals surface area (Å²) < 4.78 is 8.27. The van der Waals surface area contributed by atoms with E-state index < -0.39 is 0 Å². The van der Waals surface area contributed by atoms with Crippen LogP contribution in [0.5, 0.6) is 11.5 Å². The van der Waals surface area contributed by atoms with E-state index >= 15 is 0 Å². The molecule has 0 spiro atoms. The van der Waals surface area contributed by atoms with Crippen LogP contribution in [0.3, 0.4) is 0 Å². The van der Waals surface area contributed by atoms with Crippen LogP contribution in [0.4, 0.5) is 0 Å². The summed E-state index contributed by atoms with van der Waals surface area (Å²) in [5.74, 6) is 6.26. The molecule has 2 N–H and O–H groups in total. The first-order valence-corrected chi connectivity index (χ1v) is 25.2. The molecule has 0 unspecified atom stereocenters. The zero-order valence-corrected chi connectivity index (χ0v) is 40.8. The van der Waals surface area contributed by atoms with E-state index in [4.69, 9.17) is 11.5 Å². The van der Waals surface area contributed by atoms with E-state index in [1.807, 2.05) is 0 Å². The van der Waals surface area contributed by atoms with Gasteiger partial charge in [-0.15, -0.1) is 0 Å². The van der Waals surface area contributed by atoms with Crippen molar-refractivity contribution in [2.75, 3.05) is 7.11 Å². The first-order valence-electron chi connectivity index (χ1n) is 25.2. The SMILES string of the molecule is C=[N+]1C(c2cc(C)ccc2-c2cc(C(C)(C)C)cc(C34CC5CC(CC(C5)C3)C4)c2O)=CC(OC)=C[C-]1c1cc(C)ccc1-c1cc(C(C)(C)C)cc(C23CC4CC(CC(C4)C2)C3)c1O. The summed E-state index contributed by atoms with van der Waals surface area (Å²) in [5, 5.41) is 25.7. The molecule has 0 atom stereocenters. The van der Waals surface area contributed by atoms with E-state index in [1.54, 1.807) is 7.11 Å². The molecule has 4 aromatic carbocycles. The Morgan fingerprint density at radius 2 is 0.985 bits per heavy atom. The number of rotatable bonds is 7. The summed E-state index contributed by atoms with van der Waals surface area (Å²) in [6, 6.07) is 23.6. The minimum Gasteiger partial charge on any atom is -0.525 e. The van der Waals surface area contributed by atoms with Gasteiger partial charge in [-0.1, -0.05) is 113 Å². The fourth-order valence-corrected chi connectivity index (χ4v) is 15.6. The average Bonchev–Trinajstić information content (AvgIpc) is 3.22. The number of ether oxygens (including phenoxy) is 1. The molecule has 9 aliphatic rings. The molecule has 1 aliphatic heterocycles. The topological polar surface area (TPSA) is 52.7 Å². The number of allylic oxidation sites excluding steroid dienone is 1. The Hall–Kier alpha value is -4.70. The Balaban J connectivity index is 1.05. The van der Waals surface area contributed by atoms with Crippen molar-refractivity contribution in [1.29, 1.82) is 0 Å². The molecule has 8 saturated carbocycles.